The van der Waals surface area contributed by atoms with Gasteiger partial charge in [-0.15, -0.1) is 0 Å². The van der Waals surface area contributed by atoms with Crippen molar-refractivity contribution in [2.24, 2.45) is 5.92 Å². The second kappa shape index (κ2) is 12.0. The third kappa shape index (κ3) is 7.00. The molecule has 1 aliphatic carbocycles. The molecule has 1 aliphatic rings. The molecule has 1 saturated carbocycles. The van der Waals surface area contributed by atoms with Crippen LogP contribution in [0.2, 0.25) is 18.1 Å². The lowest BCUT2D eigenvalue weighted by Crippen LogP contribution is -2.41. The number of carbonyl (C=O) groups is 1. The fourth-order valence-corrected chi connectivity index (χ4v) is 4.96. The van der Waals surface area contributed by atoms with Crippen molar-refractivity contribution in [1.29, 1.82) is 0 Å². The molecule has 0 aliphatic heterocycles. The molecule has 1 aromatic heterocycles. The monoisotopic (exact) mass is 566 g/mol. The van der Waals surface area contributed by atoms with Crippen LogP contribution in [0.4, 0.5) is 4.39 Å². The highest BCUT2D eigenvalue weighted by Gasteiger charge is 2.37. The van der Waals surface area contributed by atoms with E-state index in [2.05, 4.69) is 39.2 Å². The number of hydrogen-bond acceptors (Lipinski definition) is 5. The van der Waals surface area contributed by atoms with Crippen molar-refractivity contribution in [2.45, 2.75) is 64.9 Å². The fraction of sp³-hybridized carbons (Fsp3) is 0.419. The largest absolute Gasteiger partial charge is 0.618 e. The summed E-state index contributed by atoms with van der Waals surface area (Å²) in [5.41, 5.74) is 2.67. The highest BCUT2D eigenvalue weighted by Crippen LogP contribution is 2.38. The molecule has 214 valence electrons. The number of methoxy groups -OCH3 is 1. The van der Waals surface area contributed by atoms with Crippen LogP contribution in [0, 0.1) is 16.9 Å². The summed E-state index contributed by atoms with van der Waals surface area (Å²) in [6, 6.07) is 13.4. The lowest BCUT2D eigenvalue weighted by atomic mass is 10.0. The molecule has 7 nitrogen and oxygen atoms in total. The molecule has 1 N–H and O–H groups in total. The lowest BCUT2D eigenvalue weighted by Gasteiger charge is -2.36. The molecule has 1 fully saturated rings. The number of pyridine rings is 1. The Kier molecular flexibility index (Phi) is 8.85. The Labute approximate surface area is 237 Å². The van der Waals surface area contributed by atoms with Crippen molar-refractivity contribution in [3.05, 3.63) is 82.4 Å². The Morgan fingerprint density at radius 2 is 1.85 bits per heavy atom. The maximum Gasteiger partial charge on any atom is 0.255 e. The Bertz CT molecular complexity index is 1370. The molecule has 2 aromatic carbocycles. The molecule has 9 heteroatoms. The average Bonchev–Trinajstić information content (AvgIpc) is 3.73. The summed E-state index contributed by atoms with van der Waals surface area (Å²) in [4.78, 5) is 13.4. The highest BCUT2D eigenvalue weighted by atomic mass is 28.4. The first-order valence-corrected chi connectivity index (χ1v) is 16.5. The van der Waals surface area contributed by atoms with Gasteiger partial charge in [-0.1, -0.05) is 26.8 Å². The summed E-state index contributed by atoms with van der Waals surface area (Å²) in [7, 11) is -0.663. The second-order valence-electron chi connectivity index (χ2n) is 11.9. The average molecular weight is 567 g/mol. The highest BCUT2D eigenvalue weighted by molar-refractivity contribution is 6.74. The van der Waals surface area contributed by atoms with Crippen LogP contribution in [0.1, 0.15) is 55.1 Å². The van der Waals surface area contributed by atoms with E-state index in [1.165, 1.54) is 25.4 Å². The Morgan fingerprint density at radius 3 is 2.50 bits per heavy atom. The van der Waals surface area contributed by atoms with Crippen molar-refractivity contribution in [3.63, 3.8) is 0 Å². The summed E-state index contributed by atoms with van der Waals surface area (Å²) in [6.07, 6.45) is 3.67. The second-order valence-corrected chi connectivity index (χ2v) is 16.7. The van der Waals surface area contributed by atoms with E-state index in [4.69, 9.17) is 13.9 Å². The van der Waals surface area contributed by atoms with E-state index >= 15 is 0 Å². The van der Waals surface area contributed by atoms with E-state index in [1.54, 1.807) is 30.3 Å². The minimum Gasteiger partial charge on any atom is -0.618 e. The lowest BCUT2D eigenvalue weighted by molar-refractivity contribution is -0.594. The zero-order chi connectivity index (χ0) is 29.1. The van der Waals surface area contributed by atoms with Gasteiger partial charge in [-0.3, -0.25) is 4.79 Å². The smallest absolute Gasteiger partial charge is 0.255 e. The van der Waals surface area contributed by atoms with Gasteiger partial charge in [0.15, 0.2) is 26.1 Å². The van der Waals surface area contributed by atoms with Crippen molar-refractivity contribution >= 4 is 14.2 Å². The standard InChI is InChI=1S/C31H39FN2O5Si/c1-31(2,3)40(5,6)39-20-24-8-7-15-34(36)29(24)23-12-14-27(38-19-21-9-10-21)25(17-23)30(35)33-18-22-11-13-28(37-4)26(32)16-22/h7-8,11-17,21H,9-10,18-20H2,1-6H3,(H,33,35). The summed E-state index contributed by atoms with van der Waals surface area (Å²) >= 11 is 0. The minimum absolute atomic E-state index is 0.0218. The fourth-order valence-electron chi connectivity index (χ4n) is 4.01. The summed E-state index contributed by atoms with van der Waals surface area (Å²) in [5.74, 6) is 0.203. The van der Waals surface area contributed by atoms with E-state index < -0.39 is 14.1 Å². The third-order valence-electron chi connectivity index (χ3n) is 7.78. The first-order valence-electron chi connectivity index (χ1n) is 13.6. The molecule has 0 spiro atoms. The predicted molar refractivity (Wildman–Crippen MR) is 155 cm³/mol. The number of hydrogen-bond donors (Lipinski definition) is 1. The number of aromatic nitrogens is 1. The summed E-state index contributed by atoms with van der Waals surface area (Å²) in [6.45, 7) is 11.8. The molecule has 40 heavy (non-hydrogen) atoms. The van der Waals surface area contributed by atoms with Crippen molar-refractivity contribution < 1.29 is 27.8 Å². The Balaban J connectivity index is 1.63. The molecule has 0 saturated heterocycles. The van der Waals surface area contributed by atoms with Gasteiger partial charge in [0.05, 0.1) is 31.5 Å². The van der Waals surface area contributed by atoms with Gasteiger partial charge in [0.2, 0.25) is 5.69 Å². The topological polar surface area (TPSA) is 83.7 Å². The summed E-state index contributed by atoms with van der Waals surface area (Å²) < 4.78 is 32.4. The van der Waals surface area contributed by atoms with E-state index in [1.807, 2.05) is 6.07 Å². The SMILES string of the molecule is COc1ccc(CNC(=O)c2cc(-c3c(CO[Si](C)(C)C(C)(C)C)ccc[n+]3[O-])ccc2OCC2CC2)cc1F. The number of halogens is 1. The normalized spacial score (nSPS) is 13.7. The molecule has 0 atom stereocenters. The quantitative estimate of drug-likeness (QED) is 0.166. The van der Waals surface area contributed by atoms with E-state index in [0.29, 0.717) is 47.3 Å². The van der Waals surface area contributed by atoms with Crippen LogP contribution in [-0.4, -0.2) is 27.9 Å². The molecule has 3 aromatic rings. The van der Waals surface area contributed by atoms with E-state index in [-0.39, 0.29) is 23.2 Å². The number of rotatable bonds is 11. The summed E-state index contributed by atoms with van der Waals surface area (Å²) in [5, 5.41) is 15.9. The van der Waals surface area contributed by atoms with Crippen LogP contribution in [-0.2, 0) is 17.6 Å². The molecule has 0 radical (unpaired) electrons. The number of nitrogens with zero attached hydrogens (tertiary/aromatic N) is 1. The number of carbonyl (C=O) groups excluding carboxylic acids is 1. The van der Waals surface area contributed by atoms with E-state index in [0.717, 1.165) is 23.1 Å². The first-order chi connectivity index (χ1) is 18.9. The number of ether oxygens (including phenoxy) is 2. The van der Waals surface area contributed by atoms with Crippen LogP contribution < -0.4 is 19.5 Å². The zero-order valence-corrected chi connectivity index (χ0v) is 25.2. The van der Waals surface area contributed by atoms with Crippen LogP contribution in [0.3, 0.4) is 0 Å². The first kappa shape index (κ1) is 29.5. The van der Waals surface area contributed by atoms with Crippen LogP contribution in [0.25, 0.3) is 11.3 Å². The Hall–Kier alpha value is -3.43. The minimum atomic E-state index is -2.07. The maximum absolute atomic E-state index is 14.2. The zero-order valence-electron chi connectivity index (χ0n) is 24.2. The number of benzene rings is 2. The maximum atomic E-state index is 14.2. The van der Waals surface area contributed by atoms with Crippen molar-refractivity contribution in [3.8, 4) is 22.8 Å². The van der Waals surface area contributed by atoms with Crippen molar-refractivity contribution in [2.75, 3.05) is 13.7 Å². The van der Waals surface area contributed by atoms with Gasteiger partial charge >= 0.3 is 0 Å². The van der Waals surface area contributed by atoms with Crippen LogP contribution >= 0.6 is 0 Å². The molecule has 0 unspecified atom stereocenters. The molecule has 1 amide bonds. The predicted octanol–water partition coefficient (Wildman–Crippen LogP) is 6.38. The molecule has 4 rings (SSSR count). The number of nitrogens with one attached hydrogen (secondary N) is 1. The van der Waals surface area contributed by atoms with Crippen molar-refractivity contribution in [1.82, 2.24) is 5.32 Å². The third-order valence-corrected chi connectivity index (χ3v) is 12.3. The van der Waals surface area contributed by atoms with Gasteiger partial charge in [0.25, 0.3) is 5.91 Å². The molecular weight excluding hydrogens is 527 g/mol. The van der Waals surface area contributed by atoms with Gasteiger partial charge in [-0.2, -0.15) is 4.73 Å². The van der Waals surface area contributed by atoms with E-state index in [9.17, 15) is 14.4 Å². The van der Waals surface area contributed by atoms with Crippen LogP contribution in [0.5, 0.6) is 11.5 Å². The molecule has 0 bridgehead atoms. The van der Waals surface area contributed by atoms with Gasteiger partial charge < -0.3 is 24.4 Å². The van der Waals surface area contributed by atoms with Gasteiger partial charge in [-0.05, 0) is 78.9 Å². The van der Waals surface area contributed by atoms with Gasteiger partial charge in [-0.25, -0.2) is 4.39 Å². The number of amides is 1. The Morgan fingerprint density at radius 1 is 1.12 bits per heavy atom. The van der Waals surface area contributed by atoms with Crippen LogP contribution in [0.15, 0.2) is 54.7 Å². The molecule has 1 heterocycles. The molecular formula is C31H39FN2O5Si. The van der Waals surface area contributed by atoms with Gasteiger partial charge in [0.1, 0.15) is 5.75 Å². The van der Waals surface area contributed by atoms with Gasteiger partial charge in [0, 0.05) is 18.2 Å².